The van der Waals surface area contributed by atoms with Gasteiger partial charge in [0.15, 0.2) is 11.4 Å². The predicted molar refractivity (Wildman–Crippen MR) is 120 cm³/mol. The van der Waals surface area contributed by atoms with Crippen molar-refractivity contribution >= 4 is 11.6 Å². The van der Waals surface area contributed by atoms with Crippen molar-refractivity contribution in [3.05, 3.63) is 83.6 Å². The second-order valence-electron chi connectivity index (χ2n) is 8.24. The monoisotopic (exact) mass is 430 g/mol. The smallest absolute Gasteiger partial charge is 0.292 e. The molecule has 1 aliphatic rings. The number of hydrogen-bond acceptors (Lipinski definition) is 5. The van der Waals surface area contributed by atoms with Crippen LogP contribution in [0.1, 0.15) is 47.3 Å². The highest BCUT2D eigenvalue weighted by atomic mass is 16.5. The molecule has 7 heteroatoms. The van der Waals surface area contributed by atoms with Gasteiger partial charge in [0.25, 0.3) is 5.91 Å². The molecule has 3 aromatic heterocycles. The molecule has 0 aliphatic carbocycles. The zero-order chi connectivity index (χ0) is 22.1. The number of imidazole rings is 1. The fourth-order valence-corrected chi connectivity index (χ4v) is 4.65. The molecule has 0 spiro atoms. The van der Waals surface area contributed by atoms with Crippen LogP contribution in [-0.4, -0.2) is 45.0 Å². The Morgan fingerprint density at radius 3 is 2.62 bits per heavy atom. The number of piperidine rings is 1. The summed E-state index contributed by atoms with van der Waals surface area (Å²) in [7, 11) is 0. The normalized spacial score (nSPS) is 15.8. The van der Waals surface area contributed by atoms with E-state index in [1.807, 2.05) is 47.5 Å². The van der Waals surface area contributed by atoms with Crippen molar-refractivity contribution in [2.45, 2.75) is 32.1 Å². The predicted octanol–water partition coefficient (Wildman–Crippen LogP) is 4.25. The van der Waals surface area contributed by atoms with Crippen LogP contribution in [0.4, 0.5) is 0 Å². The highest BCUT2D eigenvalue weighted by molar-refractivity contribution is 5.91. The Morgan fingerprint density at radius 1 is 1.16 bits per heavy atom. The Morgan fingerprint density at radius 2 is 1.94 bits per heavy atom. The van der Waals surface area contributed by atoms with Crippen molar-refractivity contribution in [2.75, 3.05) is 19.7 Å². The summed E-state index contributed by atoms with van der Waals surface area (Å²) in [5.41, 5.74) is 3.45. The van der Waals surface area contributed by atoms with Crippen molar-refractivity contribution in [1.82, 2.24) is 19.4 Å². The molecule has 0 N–H and O–H groups in total. The van der Waals surface area contributed by atoms with E-state index in [-0.39, 0.29) is 11.3 Å². The van der Waals surface area contributed by atoms with E-state index in [0.29, 0.717) is 31.2 Å². The molecule has 0 atom stereocenters. The maximum Gasteiger partial charge on any atom is 0.292 e. The fourth-order valence-electron chi connectivity index (χ4n) is 4.65. The highest BCUT2D eigenvalue weighted by Gasteiger charge is 2.41. The maximum absolute atomic E-state index is 12.9. The topological polar surface area (TPSA) is 72.9 Å². The number of amides is 1. The van der Waals surface area contributed by atoms with Crippen LogP contribution >= 0.6 is 0 Å². The number of carbonyl (C=O) groups excluding carboxylic acids is 1. The second-order valence-corrected chi connectivity index (χ2v) is 8.24. The first kappa shape index (κ1) is 20.3. The molecule has 0 unspecified atom stereocenters. The number of ether oxygens (including phenoxy) is 1. The van der Waals surface area contributed by atoms with Gasteiger partial charge in [-0.15, -0.1) is 0 Å². The van der Waals surface area contributed by atoms with Crippen LogP contribution in [0, 0.1) is 6.92 Å². The van der Waals surface area contributed by atoms with Gasteiger partial charge in [0, 0.05) is 37.0 Å². The van der Waals surface area contributed by atoms with Crippen LogP contribution in [0.3, 0.4) is 0 Å². The van der Waals surface area contributed by atoms with Gasteiger partial charge in [-0.05, 0) is 44.4 Å². The first-order chi connectivity index (χ1) is 15.6. The number of pyridine rings is 1. The molecule has 4 aromatic rings. The Hall–Kier alpha value is -3.61. The van der Waals surface area contributed by atoms with Gasteiger partial charge in [0.1, 0.15) is 0 Å². The lowest BCUT2D eigenvalue weighted by Crippen LogP contribution is -2.46. The minimum Gasteiger partial charge on any atom is -0.490 e. The Kier molecular flexibility index (Phi) is 5.17. The Labute approximate surface area is 186 Å². The van der Waals surface area contributed by atoms with Crippen molar-refractivity contribution in [1.29, 1.82) is 0 Å². The molecule has 7 nitrogen and oxygen atoms in total. The lowest BCUT2D eigenvalue weighted by molar-refractivity contribution is 0.0642. The van der Waals surface area contributed by atoms with E-state index in [2.05, 4.69) is 35.6 Å². The first-order valence-corrected chi connectivity index (χ1v) is 11.0. The molecule has 1 amide bonds. The zero-order valence-electron chi connectivity index (χ0n) is 18.3. The summed E-state index contributed by atoms with van der Waals surface area (Å²) in [5.74, 6) is 0.961. The van der Waals surface area contributed by atoms with Crippen LogP contribution in [-0.2, 0) is 5.41 Å². The first-order valence-electron chi connectivity index (χ1n) is 11.0. The third kappa shape index (κ3) is 3.43. The fraction of sp³-hybridized carbons (Fsp3) is 0.320. The van der Waals surface area contributed by atoms with Crippen LogP contribution in [0.2, 0.25) is 0 Å². The molecule has 0 saturated carbocycles. The van der Waals surface area contributed by atoms with E-state index >= 15 is 0 Å². The van der Waals surface area contributed by atoms with Gasteiger partial charge in [-0.2, -0.15) is 0 Å². The summed E-state index contributed by atoms with van der Waals surface area (Å²) in [4.78, 5) is 19.8. The van der Waals surface area contributed by atoms with Gasteiger partial charge in [0.2, 0.25) is 5.76 Å². The minimum atomic E-state index is -0.287. The molecule has 1 aromatic carbocycles. The molecule has 32 heavy (non-hydrogen) atoms. The van der Waals surface area contributed by atoms with Gasteiger partial charge >= 0.3 is 0 Å². The van der Waals surface area contributed by atoms with E-state index in [9.17, 15) is 4.79 Å². The highest BCUT2D eigenvalue weighted by Crippen LogP contribution is 2.42. The van der Waals surface area contributed by atoms with Gasteiger partial charge in [-0.3, -0.25) is 4.79 Å². The van der Waals surface area contributed by atoms with E-state index in [1.165, 1.54) is 5.56 Å². The third-order valence-electron chi connectivity index (χ3n) is 6.31. The number of fused-ring (bicyclic) bond motifs is 1. The van der Waals surface area contributed by atoms with Crippen molar-refractivity contribution in [3.8, 4) is 5.75 Å². The number of aromatic nitrogens is 3. The molecule has 1 fully saturated rings. The van der Waals surface area contributed by atoms with Crippen molar-refractivity contribution < 1.29 is 14.1 Å². The standard InChI is InChI=1S/C25H26N4O3/c1-3-31-20-10-7-13-29-17-22(26-23(20)29)25(19-8-5-4-6-9-19)11-14-28(15-12-25)24(30)21-16-18(2)27-32-21/h4-10,13,16-17H,3,11-12,14-15H2,1-2H3. The van der Waals surface area contributed by atoms with Crippen LogP contribution < -0.4 is 4.74 Å². The Bertz CT molecular complexity index is 1240. The van der Waals surface area contributed by atoms with Crippen molar-refractivity contribution in [3.63, 3.8) is 0 Å². The lowest BCUT2D eigenvalue weighted by atomic mass is 9.70. The van der Waals surface area contributed by atoms with E-state index in [4.69, 9.17) is 14.2 Å². The summed E-state index contributed by atoms with van der Waals surface area (Å²) >= 11 is 0. The maximum atomic E-state index is 12.9. The summed E-state index contributed by atoms with van der Waals surface area (Å²) < 4.78 is 13.0. The summed E-state index contributed by atoms with van der Waals surface area (Å²) in [6, 6.07) is 16.1. The number of likely N-dealkylation sites (tertiary alicyclic amines) is 1. The van der Waals surface area contributed by atoms with E-state index in [1.54, 1.807) is 6.07 Å². The molecule has 0 bridgehead atoms. The molecular formula is C25H26N4O3. The molecule has 5 rings (SSSR count). The summed E-state index contributed by atoms with van der Waals surface area (Å²) in [5, 5.41) is 3.86. The molecule has 4 heterocycles. The lowest BCUT2D eigenvalue weighted by Gasteiger charge is -2.41. The van der Waals surface area contributed by atoms with Crippen LogP contribution in [0.15, 0.2) is 65.4 Å². The van der Waals surface area contributed by atoms with Gasteiger partial charge in [-0.1, -0.05) is 35.5 Å². The second kappa shape index (κ2) is 8.15. The van der Waals surface area contributed by atoms with E-state index in [0.717, 1.165) is 29.9 Å². The molecule has 1 aliphatic heterocycles. The van der Waals surface area contributed by atoms with Crippen LogP contribution in [0.5, 0.6) is 5.75 Å². The number of carbonyl (C=O) groups is 1. The average molecular weight is 431 g/mol. The number of benzene rings is 1. The summed E-state index contributed by atoms with van der Waals surface area (Å²) in [6.45, 7) is 5.60. The van der Waals surface area contributed by atoms with E-state index < -0.39 is 0 Å². The number of hydrogen-bond donors (Lipinski definition) is 0. The number of rotatable bonds is 5. The van der Waals surface area contributed by atoms with Crippen LogP contribution in [0.25, 0.3) is 5.65 Å². The molecule has 1 saturated heterocycles. The van der Waals surface area contributed by atoms with Gasteiger partial charge in [0.05, 0.1) is 18.0 Å². The SMILES string of the molecule is CCOc1cccn2cc(C3(c4ccccc4)CCN(C(=O)c4cc(C)no4)CC3)nc12. The molecular weight excluding hydrogens is 404 g/mol. The number of aryl methyl sites for hydroxylation is 1. The minimum absolute atomic E-state index is 0.110. The third-order valence-corrected chi connectivity index (χ3v) is 6.31. The van der Waals surface area contributed by atoms with Gasteiger partial charge < -0.3 is 18.6 Å². The molecule has 0 radical (unpaired) electrons. The largest absolute Gasteiger partial charge is 0.490 e. The summed E-state index contributed by atoms with van der Waals surface area (Å²) in [6.07, 6.45) is 5.63. The zero-order valence-corrected chi connectivity index (χ0v) is 18.3. The Balaban J connectivity index is 1.51. The number of nitrogens with zero attached hydrogens (tertiary/aromatic N) is 4. The average Bonchev–Trinajstić information content (AvgIpc) is 3.47. The van der Waals surface area contributed by atoms with Gasteiger partial charge in [-0.25, -0.2) is 4.98 Å². The quantitative estimate of drug-likeness (QED) is 0.473. The van der Waals surface area contributed by atoms with Crippen molar-refractivity contribution in [2.24, 2.45) is 0 Å². The molecule has 164 valence electrons.